The van der Waals surface area contributed by atoms with Crippen LogP contribution in [0.5, 0.6) is 0 Å². The number of aryl methyl sites for hydroxylation is 1. The van der Waals surface area contributed by atoms with Gasteiger partial charge in [0.25, 0.3) is 5.91 Å². The number of nitrogens with two attached hydrogens (primary N) is 1. The molecule has 1 saturated carbocycles. The molecule has 1 amide bonds. The Hall–Kier alpha value is -1.42. The minimum atomic E-state index is -0.511. The van der Waals surface area contributed by atoms with Crippen LogP contribution in [-0.4, -0.2) is 16.4 Å². The van der Waals surface area contributed by atoms with Crippen molar-refractivity contribution in [3.8, 4) is 0 Å². The number of hydrogen-bond acceptors (Lipinski definition) is 2. The standard InChI is InChI=1S/C17H24N2OS/c1-3-13-8-10-17(11-9-13,16(18)21)19-15(20)14-6-4-12(2)5-7-14/h4-7,13H,3,8-11H2,1-2H3,(H2,18,21)(H,19,20). The summed E-state index contributed by atoms with van der Waals surface area (Å²) in [6.45, 7) is 4.22. The maximum atomic E-state index is 12.5. The Labute approximate surface area is 132 Å². The first-order chi connectivity index (χ1) is 9.97. The van der Waals surface area contributed by atoms with Crippen LogP contribution in [-0.2, 0) is 0 Å². The molecule has 0 atom stereocenters. The topological polar surface area (TPSA) is 55.1 Å². The van der Waals surface area contributed by atoms with E-state index in [1.54, 1.807) is 0 Å². The zero-order valence-electron chi connectivity index (χ0n) is 12.8. The van der Waals surface area contributed by atoms with Crippen LogP contribution in [0.25, 0.3) is 0 Å². The number of rotatable bonds is 4. The minimum Gasteiger partial charge on any atom is -0.391 e. The maximum absolute atomic E-state index is 12.5. The van der Waals surface area contributed by atoms with Gasteiger partial charge < -0.3 is 11.1 Å². The predicted molar refractivity (Wildman–Crippen MR) is 90.4 cm³/mol. The van der Waals surface area contributed by atoms with Crippen LogP contribution in [0.15, 0.2) is 24.3 Å². The molecule has 0 unspecified atom stereocenters. The van der Waals surface area contributed by atoms with Crippen LogP contribution in [0, 0.1) is 12.8 Å². The second-order valence-corrected chi connectivity index (χ2v) is 6.56. The predicted octanol–water partition coefficient (Wildman–Crippen LogP) is 3.35. The molecule has 4 heteroatoms. The summed E-state index contributed by atoms with van der Waals surface area (Å²) in [5.41, 5.74) is 7.24. The van der Waals surface area contributed by atoms with E-state index < -0.39 is 5.54 Å². The Morgan fingerprint density at radius 2 is 1.90 bits per heavy atom. The molecule has 1 aromatic rings. The highest BCUT2D eigenvalue weighted by Gasteiger charge is 2.38. The Balaban J connectivity index is 2.12. The van der Waals surface area contributed by atoms with Crippen molar-refractivity contribution in [2.75, 3.05) is 0 Å². The normalized spacial score (nSPS) is 25.3. The molecule has 3 N–H and O–H groups in total. The van der Waals surface area contributed by atoms with Crippen LogP contribution < -0.4 is 11.1 Å². The quantitative estimate of drug-likeness (QED) is 0.839. The largest absolute Gasteiger partial charge is 0.391 e. The smallest absolute Gasteiger partial charge is 0.252 e. The number of carbonyl (C=O) groups excluding carboxylic acids is 1. The highest BCUT2D eigenvalue weighted by molar-refractivity contribution is 7.80. The van der Waals surface area contributed by atoms with E-state index in [0.29, 0.717) is 10.6 Å². The van der Waals surface area contributed by atoms with Crippen molar-refractivity contribution in [1.82, 2.24) is 5.32 Å². The fourth-order valence-corrected chi connectivity index (χ4v) is 3.26. The van der Waals surface area contributed by atoms with Gasteiger partial charge in [0.1, 0.15) is 0 Å². The number of benzene rings is 1. The molecular weight excluding hydrogens is 280 g/mol. The summed E-state index contributed by atoms with van der Waals surface area (Å²) in [5, 5.41) is 3.11. The van der Waals surface area contributed by atoms with Crippen LogP contribution in [0.4, 0.5) is 0 Å². The van der Waals surface area contributed by atoms with Gasteiger partial charge in [0.15, 0.2) is 0 Å². The van der Waals surface area contributed by atoms with E-state index in [-0.39, 0.29) is 5.91 Å². The summed E-state index contributed by atoms with van der Waals surface area (Å²) in [5.74, 6) is 0.640. The molecule has 1 aromatic carbocycles. The lowest BCUT2D eigenvalue weighted by Gasteiger charge is -2.40. The zero-order chi connectivity index (χ0) is 15.5. The van der Waals surface area contributed by atoms with Gasteiger partial charge in [-0.1, -0.05) is 43.3 Å². The molecule has 0 heterocycles. The van der Waals surface area contributed by atoms with E-state index in [2.05, 4.69) is 12.2 Å². The van der Waals surface area contributed by atoms with Crippen LogP contribution in [0.1, 0.15) is 54.9 Å². The van der Waals surface area contributed by atoms with Crippen LogP contribution in [0.3, 0.4) is 0 Å². The van der Waals surface area contributed by atoms with Crippen molar-refractivity contribution in [1.29, 1.82) is 0 Å². The van der Waals surface area contributed by atoms with E-state index >= 15 is 0 Å². The third-order valence-corrected chi connectivity index (χ3v) is 5.07. The molecular formula is C17H24N2OS. The minimum absolute atomic E-state index is 0.0854. The molecule has 1 fully saturated rings. The summed E-state index contributed by atoms with van der Waals surface area (Å²) >= 11 is 5.25. The molecule has 21 heavy (non-hydrogen) atoms. The Morgan fingerprint density at radius 1 is 1.33 bits per heavy atom. The lowest BCUT2D eigenvalue weighted by atomic mass is 9.75. The summed E-state index contributed by atoms with van der Waals surface area (Å²) in [6, 6.07) is 7.57. The van der Waals surface area contributed by atoms with Crippen molar-refractivity contribution in [2.45, 2.75) is 51.5 Å². The van der Waals surface area contributed by atoms with Gasteiger partial charge in [-0.15, -0.1) is 0 Å². The molecule has 1 aliphatic rings. The third-order valence-electron chi connectivity index (χ3n) is 4.67. The van der Waals surface area contributed by atoms with E-state index in [9.17, 15) is 4.79 Å². The number of hydrogen-bond donors (Lipinski definition) is 2. The monoisotopic (exact) mass is 304 g/mol. The van der Waals surface area contributed by atoms with Gasteiger partial charge in [0, 0.05) is 5.56 Å². The number of thiocarbonyl (C=S) groups is 1. The summed E-state index contributed by atoms with van der Waals surface area (Å²) in [4.78, 5) is 12.9. The maximum Gasteiger partial charge on any atom is 0.252 e. The molecule has 3 nitrogen and oxygen atoms in total. The SMILES string of the molecule is CCC1CCC(NC(=O)c2ccc(C)cc2)(C(N)=S)CC1. The van der Waals surface area contributed by atoms with Gasteiger partial charge in [-0.25, -0.2) is 0 Å². The van der Waals surface area contributed by atoms with Gasteiger partial charge in [-0.05, 0) is 50.7 Å². The van der Waals surface area contributed by atoms with Gasteiger partial charge in [0.05, 0.1) is 10.5 Å². The first-order valence-electron chi connectivity index (χ1n) is 7.66. The second-order valence-electron chi connectivity index (χ2n) is 6.12. The summed E-state index contributed by atoms with van der Waals surface area (Å²) in [6.07, 6.45) is 5.01. The fourth-order valence-electron chi connectivity index (χ4n) is 3.01. The van der Waals surface area contributed by atoms with Crippen molar-refractivity contribution in [2.24, 2.45) is 11.7 Å². The molecule has 0 saturated heterocycles. The van der Waals surface area contributed by atoms with E-state index in [1.165, 1.54) is 6.42 Å². The molecule has 1 aliphatic carbocycles. The van der Waals surface area contributed by atoms with Gasteiger partial charge in [-0.3, -0.25) is 4.79 Å². The first-order valence-corrected chi connectivity index (χ1v) is 8.07. The second kappa shape index (κ2) is 6.56. The number of carbonyl (C=O) groups is 1. The lowest BCUT2D eigenvalue weighted by Crippen LogP contribution is -2.58. The number of nitrogens with one attached hydrogen (secondary N) is 1. The van der Waals surface area contributed by atoms with E-state index in [4.69, 9.17) is 18.0 Å². The molecule has 2 rings (SSSR count). The Morgan fingerprint density at radius 3 is 2.38 bits per heavy atom. The highest BCUT2D eigenvalue weighted by atomic mass is 32.1. The van der Waals surface area contributed by atoms with Crippen molar-refractivity contribution in [3.05, 3.63) is 35.4 Å². The zero-order valence-corrected chi connectivity index (χ0v) is 13.6. The third kappa shape index (κ3) is 3.62. The molecule has 0 aromatic heterocycles. The van der Waals surface area contributed by atoms with E-state index in [1.807, 2.05) is 31.2 Å². The molecule has 114 valence electrons. The van der Waals surface area contributed by atoms with Crippen molar-refractivity contribution in [3.63, 3.8) is 0 Å². The van der Waals surface area contributed by atoms with E-state index in [0.717, 1.165) is 37.2 Å². The van der Waals surface area contributed by atoms with Crippen molar-refractivity contribution < 1.29 is 4.79 Å². The van der Waals surface area contributed by atoms with Gasteiger partial charge in [-0.2, -0.15) is 0 Å². The average Bonchev–Trinajstić information content (AvgIpc) is 2.48. The van der Waals surface area contributed by atoms with Crippen molar-refractivity contribution >= 4 is 23.1 Å². The highest BCUT2D eigenvalue weighted by Crippen LogP contribution is 2.34. The van der Waals surface area contributed by atoms with Gasteiger partial charge >= 0.3 is 0 Å². The van der Waals surface area contributed by atoms with Gasteiger partial charge in [0.2, 0.25) is 0 Å². The summed E-state index contributed by atoms with van der Waals surface area (Å²) < 4.78 is 0. The molecule has 0 radical (unpaired) electrons. The Kier molecular flexibility index (Phi) is 4.99. The van der Waals surface area contributed by atoms with Crippen LogP contribution in [0.2, 0.25) is 0 Å². The summed E-state index contributed by atoms with van der Waals surface area (Å²) in [7, 11) is 0. The van der Waals surface area contributed by atoms with Crippen LogP contribution >= 0.6 is 12.2 Å². The lowest BCUT2D eigenvalue weighted by molar-refractivity contribution is 0.0898. The first kappa shape index (κ1) is 16.0. The molecule has 0 aliphatic heterocycles. The number of amides is 1. The Bertz CT molecular complexity index is 516. The molecule has 0 spiro atoms. The molecule has 0 bridgehead atoms. The fraction of sp³-hybridized carbons (Fsp3) is 0.529. The average molecular weight is 304 g/mol.